The fourth-order valence-electron chi connectivity index (χ4n) is 1.95. The van der Waals surface area contributed by atoms with Gasteiger partial charge >= 0.3 is 12.4 Å². The van der Waals surface area contributed by atoms with E-state index in [1.165, 1.54) is 42.3 Å². The first kappa shape index (κ1) is 18.1. The van der Waals surface area contributed by atoms with E-state index in [4.69, 9.17) is 4.74 Å². The molecule has 0 unspecified atom stereocenters. The number of carbonyl (C=O) groups excluding carboxylic acids is 1. The van der Waals surface area contributed by atoms with E-state index >= 15 is 0 Å². The van der Waals surface area contributed by atoms with Crippen LogP contribution in [0.2, 0.25) is 0 Å². The number of methoxy groups -OCH3 is 1. The fourth-order valence-corrected chi connectivity index (χ4v) is 1.95. The zero-order valence-corrected chi connectivity index (χ0v) is 13.0. The molecule has 25 heavy (non-hydrogen) atoms. The van der Waals surface area contributed by atoms with Gasteiger partial charge in [0.25, 0.3) is 0 Å². The number of nitrogens with one attached hydrogen (secondary N) is 1. The van der Waals surface area contributed by atoms with E-state index in [-0.39, 0.29) is 36.2 Å². The van der Waals surface area contributed by atoms with Crippen molar-refractivity contribution >= 4 is 17.4 Å². The maximum absolute atomic E-state index is 12.3. The second-order valence-corrected chi connectivity index (χ2v) is 4.74. The van der Waals surface area contributed by atoms with E-state index in [2.05, 4.69) is 15.2 Å². The van der Waals surface area contributed by atoms with Crippen LogP contribution < -0.4 is 14.8 Å². The molecule has 1 N–H and O–H groups in total. The van der Waals surface area contributed by atoms with Crippen LogP contribution in [-0.4, -0.2) is 34.3 Å². The number of ether oxygens (including phenoxy) is 2. The fraction of sp³-hybridized carbons (Fsp3) is 0.286. The maximum atomic E-state index is 12.3. The van der Waals surface area contributed by atoms with Gasteiger partial charge in [0, 0.05) is 18.2 Å². The predicted octanol–water partition coefficient (Wildman–Crippen LogP) is 2.43. The number of carbonyl (C=O) groups is 1. The SMILES string of the molecule is COc1cc(NC(=O)CCn2ccc([N+](=O)[O-])n2)ccc1OC(F)F. The van der Waals surface area contributed by atoms with E-state index < -0.39 is 11.5 Å². The molecule has 1 aromatic carbocycles. The van der Waals surface area contributed by atoms with Gasteiger partial charge in [-0.15, -0.1) is 0 Å². The molecule has 2 aromatic rings. The summed E-state index contributed by atoms with van der Waals surface area (Å²) in [6, 6.07) is 5.20. The number of rotatable bonds is 8. The number of aryl methyl sites for hydroxylation is 1. The summed E-state index contributed by atoms with van der Waals surface area (Å²) in [4.78, 5) is 21.8. The molecular formula is C14H14F2N4O5. The molecule has 0 aliphatic rings. The van der Waals surface area contributed by atoms with E-state index in [0.717, 1.165) is 0 Å². The lowest BCUT2D eigenvalue weighted by Gasteiger charge is -2.12. The van der Waals surface area contributed by atoms with Crippen molar-refractivity contribution in [2.45, 2.75) is 19.6 Å². The minimum Gasteiger partial charge on any atom is -0.493 e. The van der Waals surface area contributed by atoms with Crippen LogP contribution >= 0.6 is 0 Å². The first-order valence-electron chi connectivity index (χ1n) is 6.99. The molecule has 1 heterocycles. The van der Waals surface area contributed by atoms with Crippen molar-refractivity contribution in [1.29, 1.82) is 0 Å². The van der Waals surface area contributed by atoms with Crippen LogP contribution in [0.4, 0.5) is 20.3 Å². The third-order valence-corrected chi connectivity index (χ3v) is 3.05. The van der Waals surface area contributed by atoms with E-state index in [0.29, 0.717) is 5.69 Å². The van der Waals surface area contributed by atoms with Gasteiger partial charge in [0.15, 0.2) is 11.5 Å². The molecule has 9 nitrogen and oxygen atoms in total. The molecule has 2 rings (SSSR count). The van der Waals surface area contributed by atoms with Gasteiger partial charge in [-0.05, 0) is 17.1 Å². The topological polar surface area (TPSA) is 109 Å². The Hall–Kier alpha value is -3.24. The highest BCUT2D eigenvalue weighted by atomic mass is 19.3. The molecule has 134 valence electrons. The van der Waals surface area contributed by atoms with E-state index in [1.807, 2.05) is 0 Å². The number of nitro groups is 1. The zero-order chi connectivity index (χ0) is 18.4. The largest absolute Gasteiger partial charge is 0.493 e. The first-order chi connectivity index (χ1) is 11.9. The van der Waals surface area contributed by atoms with Crippen LogP contribution in [0, 0.1) is 10.1 Å². The van der Waals surface area contributed by atoms with Gasteiger partial charge in [0.2, 0.25) is 5.91 Å². The number of hydrogen-bond acceptors (Lipinski definition) is 6. The minimum atomic E-state index is -2.99. The molecule has 11 heteroatoms. The summed E-state index contributed by atoms with van der Waals surface area (Å²) < 4.78 is 35.0. The molecule has 0 bridgehead atoms. The second-order valence-electron chi connectivity index (χ2n) is 4.74. The Morgan fingerprint density at radius 2 is 2.16 bits per heavy atom. The monoisotopic (exact) mass is 356 g/mol. The highest BCUT2D eigenvalue weighted by Gasteiger charge is 2.14. The van der Waals surface area contributed by atoms with Crippen molar-refractivity contribution in [3.8, 4) is 11.5 Å². The number of amides is 1. The number of nitrogens with zero attached hydrogens (tertiary/aromatic N) is 3. The van der Waals surface area contributed by atoms with Gasteiger partial charge in [-0.2, -0.15) is 13.5 Å². The molecule has 0 aliphatic carbocycles. The number of alkyl halides is 2. The van der Waals surface area contributed by atoms with Gasteiger partial charge in [-0.3, -0.25) is 4.79 Å². The van der Waals surface area contributed by atoms with Gasteiger partial charge < -0.3 is 24.9 Å². The van der Waals surface area contributed by atoms with Crippen LogP contribution in [0.25, 0.3) is 0 Å². The number of aromatic nitrogens is 2. The third-order valence-electron chi connectivity index (χ3n) is 3.05. The third kappa shape index (κ3) is 5.12. The quantitative estimate of drug-likeness (QED) is 0.575. The Labute approximate surface area is 140 Å². The van der Waals surface area contributed by atoms with Crippen molar-refractivity contribution < 1.29 is 28.0 Å². The molecule has 0 radical (unpaired) electrons. The van der Waals surface area contributed by atoms with Gasteiger partial charge in [-0.1, -0.05) is 0 Å². The summed E-state index contributed by atoms with van der Waals surface area (Å²) >= 11 is 0. The Balaban J connectivity index is 1.94. The predicted molar refractivity (Wildman–Crippen MR) is 81.8 cm³/mol. The molecule has 1 aromatic heterocycles. The van der Waals surface area contributed by atoms with E-state index in [9.17, 15) is 23.7 Å². The second kappa shape index (κ2) is 8.04. The van der Waals surface area contributed by atoms with Crippen LogP contribution in [0.15, 0.2) is 30.5 Å². The smallest absolute Gasteiger partial charge is 0.389 e. The van der Waals surface area contributed by atoms with Gasteiger partial charge in [-0.25, -0.2) is 0 Å². The molecule has 0 spiro atoms. The Kier molecular flexibility index (Phi) is 5.82. The number of benzene rings is 1. The zero-order valence-electron chi connectivity index (χ0n) is 13.0. The lowest BCUT2D eigenvalue weighted by molar-refractivity contribution is -0.389. The van der Waals surface area contributed by atoms with Crippen molar-refractivity contribution in [2.24, 2.45) is 0 Å². The maximum Gasteiger partial charge on any atom is 0.389 e. The molecule has 0 atom stereocenters. The summed E-state index contributed by atoms with van der Waals surface area (Å²) in [7, 11) is 1.28. The van der Waals surface area contributed by atoms with Crippen LogP contribution in [0.5, 0.6) is 11.5 Å². The van der Waals surface area contributed by atoms with Gasteiger partial charge in [0.05, 0.1) is 31.0 Å². The summed E-state index contributed by atoms with van der Waals surface area (Å²) in [6.07, 6.45) is 1.40. The van der Waals surface area contributed by atoms with Crippen molar-refractivity contribution in [3.63, 3.8) is 0 Å². The van der Waals surface area contributed by atoms with E-state index in [1.54, 1.807) is 0 Å². The average molecular weight is 356 g/mol. The van der Waals surface area contributed by atoms with Crippen LogP contribution in [-0.2, 0) is 11.3 Å². The van der Waals surface area contributed by atoms with Crippen molar-refractivity contribution in [2.75, 3.05) is 12.4 Å². The standard InChI is InChI=1S/C14H14F2N4O5/c1-24-11-8-9(2-3-10(11)25-14(15)16)17-13(21)5-7-19-6-4-12(18-19)20(22)23/h2-4,6,8,14H,5,7H2,1H3,(H,17,21). The highest BCUT2D eigenvalue weighted by Crippen LogP contribution is 2.31. The van der Waals surface area contributed by atoms with Gasteiger partial charge in [0.1, 0.15) is 0 Å². The Bertz CT molecular complexity index is 765. The first-order valence-corrected chi connectivity index (χ1v) is 6.99. The molecule has 1 amide bonds. The summed E-state index contributed by atoms with van der Waals surface area (Å²) in [5, 5.41) is 16.8. The number of hydrogen-bond donors (Lipinski definition) is 1. The minimum absolute atomic E-state index is 0.0104. The summed E-state index contributed by atoms with van der Waals surface area (Å²) in [6.45, 7) is -2.85. The lowest BCUT2D eigenvalue weighted by Crippen LogP contribution is -2.15. The van der Waals surface area contributed by atoms with Crippen molar-refractivity contribution in [1.82, 2.24) is 9.78 Å². The average Bonchev–Trinajstić information content (AvgIpc) is 3.03. The molecular weight excluding hydrogens is 342 g/mol. The highest BCUT2D eigenvalue weighted by molar-refractivity contribution is 5.91. The normalized spacial score (nSPS) is 10.6. The summed E-state index contributed by atoms with van der Waals surface area (Å²) in [5.74, 6) is -0.803. The van der Waals surface area contributed by atoms with Crippen LogP contribution in [0.3, 0.4) is 0 Å². The summed E-state index contributed by atoms with van der Waals surface area (Å²) in [5.41, 5.74) is 0.329. The molecule has 0 fully saturated rings. The molecule has 0 saturated heterocycles. The molecule has 0 saturated carbocycles. The Morgan fingerprint density at radius 3 is 2.76 bits per heavy atom. The number of halogens is 2. The van der Waals surface area contributed by atoms with Crippen LogP contribution in [0.1, 0.15) is 6.42 Å². The van der Waals surface area contributed by atoms with Crippen molar-refractivity contribution in [3.05, 3.63) is 40.6 Å². The molecule has 0 aliphatic heterocycles. The Morgan fingerprint density at radius 1 is 1.40 bits per heavy atom. The number of anilines is 1. The lowest BCUT2D eigenvalue weighted by atomic mass is 10.2.